The highest BCUT2D eigenvalue weighted by atomic mass is 15.0. The minimum atomic E-state index is 0.460. The van der Waals surface area contributed by atoms with E-state index in [-0.39, 0.29) is 0 Å². The molecule has 3 heteroatoms. The third-order valence-corrected chi connectivity index (χ3v) is 2.69. The van der Waals surface area contributed by atoms with Crippen LogP contribution in [0.3, 0.4) is 0 Å². The lowest BCUT2D eigenvalue weighted by atomic mass is 9.96. The molecule has 0 aliphatic heterocycles. The summed E-state index contributed by atoms with van der Waals surface area (Å²) in [5.41, 5.74) is 0. The third-order valence-electron chi connectivity index (χ3n) is 2.69. The van der Waals surface area contributed by atoms with Gasteiger partial charge in [0.1, 0.15) is 5.82 Å². The summed E-state index contributed by atoms with van der Waals surface area (Å²) in [5.74, 6) is 1.57. The molecule has 0 fully saturated rings. The fraction of sp³-hybridized carbons (Fsp3) is 0.636. The van der Waals surface area contributed by atoms with Gasteiger partial charge in [0.25, 0.3) is 0 Å². The molecule has 1 N–H and O–H groups in total. The van der Waals surface area contributed by atoms with Crippen molar-refractivity contribution >= 4 is 5.82 Å². The van der Waals surface area contributed by atoms with E-state index in [1.54, 1.807) is 18.6 Å². The first-order valence-electron chi connectivity index (χ1n) is 5.30. The summed E-state index contributed by atoms with van der Waals surface area (Å²) in [6.07, 6.45) is 7.56. The molecule has 14 heavy (non-hydrogen) atoms. The van der Waals surface area contributed by atoms with Crippen LogP contribution in [-0.2, 0) is 0 Å². The van der Waals surface area contributed by atoms with Gasteiger partial charge in [0.05, 0.1) is 6.20 Å². The lowest BCUT2D eigenvalue weighted by Gasteiger charge is -2.22. The Morgan fingerprint density at radius 1 is 1.29 bits per heavy atom. The SMILES string of the molecule is CCC(CC)C(C)Nc1cnccn1. The molecule has 0 radical (unpaired) electrons. The topological polar surface area (TPSA) is 37.8 Å². The quantitative estimate of drug-likeness (QED) is 0.781. The van der Waals surface area contributed by atoms with E-state index in [1.807, 2.05) is 0 Å². The number of anilines is 1. The number of rotatable bonds is 5. The van der Waals surface area contributed by atoms with Crippen molar-refractivity contribution in [2.75, 3.05) is 5.32 Å². The highest BCUT2D eigenvalue weighted by Crippen LogP contribution is 2.15. The first kappa shape index (κ1) is 11.0. The smallest absolute Gasteiger partial charge is 0.144 e. The van der Waals surface area contributed by atoms with Crippen molar-refractivity contribution in [2.45, 2.75) is 39.7 Å². The van der Waals surface area contributed by atoms with Crippen molar-refractivity contribution in [3.63, 3.8) is 0 Å². The van der Waals surface area contributed by atoms with E-state index in [1.165, 1.54) is 12.8 Å². The van der Waals surface area contributed by atoms with Crippen molar-refractivity contribution in [1.29, 1.82) is 0 Å². The molecule has 0 aliphatic carbocycles. The van der Waals surface area contributed by atoms with E-state index >= 15 is 0 Å². The highest BCUT2D eigenvalue weighted by Gasteiger charge is 2.13. The Balaban J connectivity index is 2.52. The Kier molecular flexibility index (Phi) is 4.36. The molecule has 0 amide bonds. The van der Waals surface area contributed by atoms with Gasteiger partial charge in [-0.05, 0) is 12.8 Å². The van der Waals surface area contributed by atoms with Crippen molar-refractivity contribution < 1.29 is 0 Å². The zero-order chi connectivity index (χ0) is 10.4. The van der Waals surface area contributed by atoms with Crippen LogP contribution in [0.1, 0.15) is 33.6 Å². The molecule has 0 aromatic carbocycles. The van der Waals surface area contributed by atoms with Gasteiger partial charge in [-0.3, -0.25) is 4.98 Å². The molecule has 78 valence electrons. The first-order chi connectivity index (χ1) is 6.77. The normalized spacial score (nSPS) is 12.9. The molecule has 3 nitrogen and oxygen atoms in total. The fourth-order valence-electron chi connectivity index (χ4n) is 1.72. The first-order valence-corrected chi connectivity index (χ1v) is 5.30. The van der Waals surface area contributed by atoms with Gasteiger partial charge in [0.2, 0.25) is 0 Å². The minimum absolute atomic E-state index is 0.460. The summed E-state index contributed by atoms with van der Waals surface area (Å²) in [4.78, 5) is 8.22. The standard InChI is InChI=1S/C11H19N3/c1-4-10(5-2)9(3)14-11-8-12-6-7-13-11/h6-10H,4-5H2,1-3H3,(H,13,14). The second kappa shape index (κ2) is 5.58. The number of hydrogen-bond acceptors (Lipinski definition) is 3. The average molecular weight is 193 g/mol. The Morgan fingerprint density at radius 3 is 2.50 bits per heavy atom. The van der Waals surface area contributed by atoms with Crippen molar-refractivity contribution in [1.82, 2.24) is 9.97 Å². The molecule has 0 saturated heterocycles. The zero-order valence-corrected chi connectivity index (χ0v) is 9.20. The fourth-order valence-corrected chi connectivity index (χ4v) is 1.72. The van der Waals surface area contributed by atoms with Crippen LogP contribution in [0.15, 0.2) is 18.6 Å². The third kappa shape index (κ3) is 2.98. The molecule has 1 atom stereocenters. The van der Waals surface area contributed by atoms with Crippen LogP contribution >= 0.6 is 0 Å². The van der Waals surface area contributed by atoms with E-state index in [4.69, 9.17) is 0 Å². The number of hydrogen-bond donors (Lipinski definition) is 1. The van der Waals surface area contributed by atoms with E-state index < -0.39 is 0 Å². The maximum Gasteiger partial charge on any atom is 0.144 e. The molecule has 0 bridgehead atoms. The van der Waals surface area contributed by atoms with Crippen molar-refractivity contribution in [2.24, 2.45) is 5.92 Å². The molecule has 0 aliphatic rings. The summed E-state index contributed by atoms with van der Waals surface area (Å²) in [5, 5.41) is 3.37. The van der Waals surface area contributed by atoms with Crippen LogP contribution in [0.5, 0.6) is 0 Å². The van der Waals surface area contributed by atoms with Crippen LogP contribution in [0.2, 0.25) is 0 Å². The number of aromatic nitrogens is 2. The zero-order valence-electron chi connectivity index (χ0n) is 9.20. The van der Waals surface area contributed by atoms with Crippen molar-refractivity contribution in [3.05, 3.63) is 18.6 Å². The van der Waals surface area contributed by atoms with Gasteiger partial charge >= 0.3 is 0 Å². The number of nitrogens with one attached hydrogen (secondary N) is 1. The predicted molar refractivity (Wildman–Crippen MR) is 59.2 cm³/mol. The maximum absolute atomic E-state index is 4.20. The summed E-state index contributed by atoms with van der Waals surface area (Å²) < 4.78 is 0. The Morgan fingerprint density at radius 2 is 2.00 bits per heavy atom. The summed E-state index contributed by atoms with van der Waals surface area (Å²) in [6, 6.07) is 0.460. The molecule has 0 spiro atoms. The molecule has 1 heterocycles. The summed E-state index contributed by atoms with van der Waals surface area (Å²) in [6.45, 7) is 6.65. The monoisotopic (exact) mass is 193 g/mol. The van der Waals surface area contributed by atoms with Gasteiger partial charge in [-0.15, -0.1) is 0 Å². The van der Waals surface area contributed by atoms with Crippen LogP contribution in [0, 0.1) is 5.92 Å². The largest absolute Gasteiger partial charge is 0.366 e. The molecule has 1 rings (SSSR count). The Labute approximate surface area is 86.0 Å². The average Bonchev–Trinajstić information content (AvgIpc) is 2.21. The molecule has 0 saturated carbocycles. The van der Waals surface area contributed by atoms with E-state index in [0.29, 0.717) is 12.0 Å². The second-order valence-electron chi connectivity index (χ2n) is 3.60. The van der Waals surface area contributed by atoms with Crippen LogP contribution in [0.4, 0.5) is 5.82 Å². The van der Waals surface area contributed by atoms with Gasteiger partial charge in [-0.2, -0.15) is 0 Å². The number of nitrogens with zero attached hydrogens (tertiary/aromatic N) is 2. The van der Waals surface area contributed by atoms with Gasteiger partial charge in [-0.1, -0.05) is 26.7 Å². The van der Waals surface area contributed by atoms with E-state index in [0.717, 1.165) is 5.82 Å². The van der Waals surface area contributed by atoms with E-state index in [2.05, 4.69) is 36.1 Å². The highest BCUT2D eigenvalue weighted by molar-refractivity contribution is 5.31. The summed E-state index contributed by atoms with van der Waals surface area (Å²) >= 11 is 0. The van der Waals surface area contributed by atoms with Gasteiger partial charge in [-0.25, -0.2) is 4.98 Å². The molecule has 1 unspecified atom stereocenters. The predicted octanol–water partition coefficient (Wildman–Crippen LogP) is 2.71. The molecule has 1 aromatic rings. The van der Waals surface area contributed by atoms with Gasteiger partial charge in [0.15, 0.2) is 0 Å². The van der Waals surface area contributed by atoms with Crippen LogP contribution < -0.4 is 5.32 Å². The molecular formula is C11H19N3. The lowest BCUT2D eigenvalue weighted by molar-refractivity contribution is 0.437. The van der Waals surface area contributed by atoms with Crippen LogP contribution in [0.25, 0.3) is 0 Å². The Bertz CT molecular complexity index is 244. The van der Waals surface area contributed by atoms with Gasteiger partial charge in [0, 0.05) is 18.4 Å². The minimum Gasteiger partial charge on any atom is -0.366 e. The van der Waals surface area contributed by atoms with Gasteiger partial charge < -0.3 is 5.32 Å². The van der Waals surface area contributed by atoms with E-state index in [9.17, 15) is 0 Å². The maximum atomic E-state index is 4.20. The lowest BCUT2D eigenvalue weighted by Crippen LogP contribution is -2.25. The van der Waals surface area contributed by atoms with Crippen LogP contribution in [-0.4, -0.2) is 16.0 Å². The Hall–Kier alpha value is -1.12. The van der Waals surface area contributed by atoms with Crippen molar-refractivity contribution in [3.8, 4) is 0 Å². The molecule has 1 aromatic heterocycles. The summed E-state index contributed by atoms with van der Waals surface area (Å²) in [7, 11) is 0. The molecular weight excluding hydrogens is 174 g/mol. The second-order valence-corrected chi connectivity index (χ2v) is 3.60.